The summed E-state index contributed by atoms with van der Waals surface area (Å²) in [5.74, 6) is -0.888. The van der Waals surface area contributed by atoms with Crippen LogP contribution in [-0.4, -0.2) is 11.1 Å². The van der Waals surface area contributed by atoms with E-state index >= 15 is 0 Å². The van der Waals surface area contributed by atoms with Crippen LogP contribution in [0, 0.1) is 0 Å². The number of allylic oxidation sites excluding steroid dienone is 1. The lowest BCUT2D eigenvalue weighted by atomic mass is 10.1. The minimum absolute atomic E-state index is 0.311. The Hall–Kier alpha value is -1.05. The normalized spacial score (nSPS) is 11.2. The Morgan fingerprint density at radius 3 is 2.58 bits per heavy atom. The van der Waals surface area contributed by atoms with Crippen LogP contribution >= 0.6 is 0 Å². The van der Waals surface area contributed by atoms with Crippen LogP contribution in [0.3, 0.4) is 0 Å². The van der Waals surface area contributed by atoms with Crippen molar-refractivity contribution in [2.75, 3.05) is 0 Å². The van der Waals surface area contributed by atoms with Crippen molar-refractivity contribution in [1.82, 2.24) is 0 Å². The first-order valence-electron chi connectivity index (χ1n) is 4.28. The molecule has 0 aliphatic heterocycles. The van der Waals surface area contributed by atoms with Crippen LogP contribution in [0.1, 0.15) is 32.6 Å². The molecule has 0 unspecified atom stereocenters. The second kappa shape index (κ2) is 6.65. The number of unbranched alkanes of at least 4 members (excludes halogenated alkanes) is 3. The standard InChI is InChI=1S/C10H16O2/c1-3-5-6-7-8-9(4-2)10(11)12/h4,8H,2-3,5-7H2,1H3,(H,11,12)/b9-8+. The quantitative estimate of drug-likeness (QED) is 0.376. The molecule has 2 heteroatoms. The summed E-state index contributed by atoms with van der Waals surface area (Å²) in [6.45, 7) is 5.55. The lowest BCUT2D eigenvalue weighted by molar-refractivity contribution is -0.132. The largest absolute Gasteiger partial charge is 0.478 e. The zero-order chi connectivity index (χ0) is 9.40. The van der Waals surface area contributed by atoms with E-state index in [1.807, 2.05) is 0 Å². The highest BCUT2D eigenvalue weighted by atomic mass is 16.4. The maximum absolute atomic E-state index is 10.5. The summed E-state index contributed by atoms with van der Waals surface area (Å²) in [6, 6.07) is 0. The Morgan fingerprint density at radius 1 is 1.50 bits per heavy atom. The summed E-state index contributed by atoms with van der Waals surface area (Å²) in [5, 5.41) is 8.59. The van der Waals surface area contributed by atoms with Crippen LogP contribution in [-0.2, 0) is 4.79 Å². The van der Waals surface area contributed by atoms with E-state index in [1.54, 1.807) is 6.08 Å². The van der Waals surface area contributed by atoms with Gasteiger partial charge in [0.1, 0.15) is 0 Å². The zero-order valence-corrected chi connectivity index (χ0v) is 7.55. The summed E-state index contributed by atoms with van der Waals surface area (Å²) < 4.78 is 0. The fourth-order valence-electron chi connectivity index (χ4n) is 0.910. The molecule has 2 nitrogen and oxygen atoms in total. The van der Waals surface area contributed by atoms with Gasteiger partial charge in [0.05, 0.1) is 5.57 Å². The van der Waals surface area contributed by atoms with Gasteiger partial charge in [-0.15, -0.1) is 0 Å². The van der Waals surface area contributed by atoms with Gasteiger partial charge in [-0.25, -0.2) is 4.79 Å². The van der Waals surface area contributed by atoms with Gasteiger partial charge in [-0.3, -0.25) is 0 Å². The molecule has 1 N–H and O–H groups in total. The minimum Gasteiger partial charge on any atom is -0.478 e. The molecule has 0 fully saturated rings. The van der Waals surface area contributed by atoms with E-state index in [9.17, 15) is 4.79 Å². The highest BCUT2D eigenvalue weighted by Gasteiger charge is 1.99. The Balaban J connectivity index is 3.79. The second-order valence-electron chi connectivity index (χ2n) is 2.66. The van der Waals surface area contributed by atoms with Crippen molar-refractivity contribution in [3.8, 4) is 0 Å². The van der Waals surface area contributed by atoms with Crippen LogP contribution in [0.25, 0.3) is 0 Å². The number of carboxylic acid groups (broad SMARTS) is 1. The van der Waals surface area contributed by atoms with Crippen molar-refractivity contribution in [3.63, 3.8) is 0 Å². The van der Waals surface area contributed by atoms with Gasteiger partial charge in [0.2, 0.25) is 0 Å². The predicted molar refractivity (Wildman–Crippen MR) is 50.1 cm³/mol. The first-order chi connectivity index (χ1) is 5.72. The Labute approximate surface area is 73.6 Å². The highest BCUT2D eigenvalue weighted by Crippen LogP contribution is 2.04. The minimum atomic E-state index is -0.888. The number of hydrogen-bond donors (Lipinski definition) is 1. The van der Waals surface area contributed by atoms with Crippen molar-refractivity contribution in [2.45, 2.75) is 32.6 Å². The summed E-state index contributed by atoms with van der Waals surface area (Å²) in [7, 11) is 0. The molecule has 0 aromatic heterocycles. The van der Waals surface area contributed by atoms with Gasteiger partial charge in [-0.2, -0.15) is 0 Å². The molecule has 68 valence electrons. The fraction of sp³-hybridized carbons (Fsp3) is 0.500. The van der Waals surface area contributed by atoms with Crippen LogP contribution in [0.4, 0.5) is 0 Å². The van der Waals surface area contributed by atoms with Crippen molar-refractivity contribution in [3.05, 3.63) is 24.3 Å². The highest BCUT2D eigenvalue weighted by molar-refractivity contribution is 5.89. The van der Waals surface area contributed by atoms with Gasteiger partial charge >= 0.3 is 5.97 Å². The molecule has 0 aromatic carbocycles. The molecular formula is C10H16O2. The van der Waals surface area contributed by atoms with E-state index < -0.39 is 5.97 Å². The molecular weight excluding hydrogens is 152 g/mol. The van der Waals surface area contributed by atoms with E-state index in [0.29, 0.717) is 5.57 Å². The third kappa shape index (κ3) is 4.72. The zero-order valence-electron chi connectivity index (χ0n) is 7.55. The molecule has 0 heterocycles. The summed E-state index contributed by atoms with van der Waals surface area (Å²) >= 11 is 0. The number of aliphatic carboxylic acids is 1. The first-order valence-corrected chi connectivity index (χ1v) is 4.28. The fourth-order valence-corrected chi connectivity index (χ4v) is 0.910. The maximum atomic E-state index is 10.5. The van der Waals surface area contributed by atoms with Gasteiger partial charge in [-0.05, 0) is 12.8 Å². The lowest BCUT2D eigenvalue weighted by Crippen LogP contribution is -1.96. The monoisotopic (exact) mass is 168 g/mol. The third-order valence-corrected chi connectivity index (χ3v) is 1.64. The number of carboxylic acids is 1. The van der Waals surface area contributed by atoms with Gasteiger partial charge in [0, 0.05) is 0 Å². The van der Waals surface area contributed by atoms with E-state index in [0.717, 1.165) is 25.7 Å². The van der Waals surface area contributed by atoms with Crippen molar-refractivity contribution in [2.24, 2.45) is 0 Å². The SMILES string of the molecule is C=C/C(=C\CCCCC)C(=O)O. The van der Waals surface area contributed by atoms with E-state index in [-0.39, 0.29) is 0 Å². The summed E-state index contributed by atoms with van der Waals surface area (Å²) in [6.07, 6.45) is 7.31. The molecule has 0 atom stereocenters. The summed E-state index contributed by atoms with van der Waals surface area (Å²) in [4.78, 5) is 10.5. The van der Waals surface area contributed by atoms with Crippen LogP contribution in [0.15, 0.2) is 24.3 Å². The molecule has 0 aliphatic carbocycles. The van der Waals surface area contributed by atoms with E-state index in [2.05, 4.69) is 13.5 Å². The Kier molecular flexibility index (Phi) is 6.07. The Bertz CT molecular complexity index is 180. The van der Waals surface area contributed by atoms with Crippen molar-refractivity contribution in [1.29, 1.82) is 0 Å². The first kappa shape index (κ1) is 11.0. The molecule has 12 heavy (non-hydrogen) atoms. The molecule has 0 spiro atoms. The van der Waals surface area contributed by atoms with E-state index in [4.69, 9.17) is 5.11 Å². The number of carbonyl (C=O) groups is 1. The lowest BCUT2D eigenvalue weighted by Gasteiger charge is -1.94. The van der Waals surface area contributed by atoms with Crippen LogP contribution in [0.2, 0.25) is 0 Å². The molecule has 0 bridgehead atoms. The van der Waals surface area contributed by atoms with Gasteiger partial charge in [0.15, 0.2) is 0 Å². The molecule has 0 rings (SSSR count). The average Bonchev–Trinajstić information content (AvgIpc) is 2.04. The van der Waals surface area contributed by atoms with Crippen LogP contribution < -0.4 is 0 Å². The number of rotatable bonds is 6. The van der Waals surface area contributed by atoms with Crippen LogP contribution in [0.5, 0.6) is 0 Å². The second-order valence-corrected chi connectivity index (χ2v) is 2.66. The topological polar surface area (TPSA) is 37.3 Å². The van der Waals surface area contributed by atoms with Crippen molar-refractivity contribution >= 4 is 5.97 Å². The average molecular weight is 168 g/mol. The predicted octanol–water partition coefficient (Wildman–Crippen LogP) is 2.76. The molecule has 0 amide bonds. The molecule has 0 aromatic rings. The third-order valence-electron chi connectivity index (χ3n) is 1.64. The van der Waals surface area contributed by atoms with Gasteiger partial charge in [-0.1, -0.05) is 38.5 Å². The van der Waals surface area contributed by atoms with Gasteiger partial charge in [0.25, 0.3) is 0 Å². The molecule has 0 saturated carbocycles. The van der Waals surface area contributed by atoms with E-state index in [1.165, 1.54) is 6.08 Å². The van der Waals surface area contributed by atoms with Gasteiger partial charge < -0.3 is 5.11 Å². The summed E-state index contributed by atoms with van der Waals surface area (Å²) in [5.41, 5.74) is 0.311. The number of hydrogen-bond acceptors (Lipinski definition) is 1. The molecule has 0 saturated heterocycles. The maximum Gasteiger partial charge on any atom is 0.335 e. The Morgan fingerprint density at radius 2 is 2.17 bits per heavy atom. The smallest absolute Gasteiger partial charge is 0.335 e. The molecule has 0 radical (unpaired) electrons. The molecule has 0 aliphatic rings. The van der Waals surface area contributed by atoms with Crippen molar-refractivity contribution < 1.29 is 9.90 Å².